The Morgan fingerprint density at radius 2 is 2.29 bits per heavy atom. The van der Waals surface area contributed by atoms with Gasteiger partial charge >= 0.3 is 6.08 Å². The highest BCUT2D eigenvalue weighted by Gasteiger charge is 2.08. The van der Waals surface area contributed by atoms with Crippen molar-refractivity contribution < 1.29 is 13.5 Å². The van der Waals surface area contributed by atoms with Gasteiger partial charge in [0.15, 0.2) is 0 Å². The molecule has 5 heteroatoms. The Hall–Kier alpha value is -1.88. The summed E-state index contributed by atoms with van der Waals surface area (Å²) >= 11 is 0. The topological polar surface area (TPSA) is 47.3 Å². The number of benzene rings is 1. The Bertz CT molecular complexity index is 511. The van der Waals surface area contributed by atoms with E-state index in [4.69, 9.17) is 9.15 Å². The number of aromatic nitrogens is 1. The van der Waals surface area contributed by atoms with Crippen LogP contribution in [0.2, 0.25) is 0 Å². The van der Waals surface area contributed by atoms with Crippen LogP contribution < -0.4 is 10.1 Å². The van der Waals surface area contributed by atoms with Gasteiger partial charge in [-0.3, -0.25) is 0 Å². The van der Waals surface area contributed by atoms with Gasteiger partial charge in [0.05, 0.1) is 5.69 Å². The Morgan fingerprint density at radius 1 is 1.47 bits per heavy atom. The Morgan fingerprint density at radius 3 is 3.00 bits per heavy atom. The van der Waals surface area contributed by atoms with E-state index in [0.29, 0.717) is 17.9 Å². The molecule has 0 radical (unpaired) electrons. The first-order valence-corrected chi connectivity index (χ1v) is 5.22. The molecule has 0 saturated heterocycles. The summed E-state index contributed by atoms with van der Waals surface area (Å²) in [4.78, 5) is 4.11. The molecule has 0 aliphatic heterocycles. The van der Waals surface area contributed by atoms with Crippen LogP contribution in [0.25, 0.3) is 0 Å². The number of halogens is 1. The maximum absolute atomic E-state index is 12.9. The number of nitrogens with zero attached hydrogens (tertiary/aromatic N) is 1. The third kappa shape index (κ3) is 2.82. The Kier molecular flexibility index (Phi) is 3.39. The van der Waals surface area contributed by atoms with E-state index in [-0.39, 0.29) is 11.9 Å². The SMILES string of the molecule is CNCc1coc(Oc2ccc(F)cc2C)n1. The molecule has 1 aromatic heterocycles. The summed E-state index contributed by atoms with van der Waals surface area (Å²) in [5.74, 6) is 0.238. The van der Waals surface area contributed by atoms with Gasteiger partial charge in [-0.2, -0.15) is 4.98 Å². The molecule has 0 saturated carbocycles. The maximum Gasteiger partial charge on any atom is 0.399 e. The highest BCUT2D eigenvalue weighted by molar-refractivity contribution is 5.34. The zero-order valence-corrected chi connectivity index (χ0v) is 9.66. The van der Waals surface area contributed by atoms with E-state index in [0.717, 1.165) is 5.69 Å². The molecule has 0 amide bonds. The van der Waals surface area contributed by atoms with Crippen molar-refractivity contribution in [3.8, 4) is 11.8 Å². The summed E-state index contributed by atoms with van der Waals surface area (Å²) < 4.78 is 23.4. The molecule has 90 valence electrons. The summed E-state index contributed by atoms with van der Waals surface area (Å²) in [6, 6.07) is 4.28. The van der Waals surface area contributed by atoms with Gasteiger partial charge in [-0.1, -0.05) is 0 Å². The maximum atomic E-state index is 12.9. The van der Waals surface area contributed by atoms with Crippen molar-refractivity contribution >= 4 is 0 Å². The van der Waals surface area contributed by atoms with Crippen LogP contribution in [0.3, 0.4) is 0 Å². The second-order valence-electron chi connectivity index (χ2n) is 3.65. The molecule has 0 aliphatic rings. The number of hydrogen-bond donors (Lipinski definition) is 1. The molecular weight excluding hydrogens is 223 g/mol. The average Bonchev–Trinajstić information content (AvgIpc) is 2.71. The van der Waals surface area contributed by atoms with Crippen LogP contribution in [0, 0.1) is 12.7 Å². The number of oxazole rings is 1. The van der Waals surface area contributed by atoms with E-state index in [1.165, 1.54) is 18.4 Å². The van der Waals surface area contributed by atoms with Gasteiger partial charge < -0.3 is 14.5 Å². The van der Waals surface area contributed by atoms with Crippen LogP contribution in [0.1, 0.15) is 11.3 Å². The second-order valence-corrected chi connectivity index (χ2v) is 3.65. The summed E-state index contributed by atoms with van der Waals surface area (Å²) in [7, 11) is 1.82. The average molecular weight is 236 g/mol. The molecule has 0 bridgehead atoms. The van der Waals surface area contributed by atoms with E-state index < -0.39 is 0 Å². The van der Waals surface area contributed by atoms with Crippen LogP contribution >= 0.6 is 0 Å². The predicted octanol–water partition coefficient (Wildman–Crippen LogP) is 2.63. The van der Waals surface area contributed by atoms with Crippen molar-refractivity contribution in [2.24, 2.45) is 0 Å². The first kappa shape index (κ1) is 11.6. The van der Waals surface area contributed by atoms with Gasteiger partial charge in [0.1, 0.15) is 17.8 Å². The summed E-state index contributed by atoms with van der Waals surface area (Å²) in [5.41, 5.74) is 1.45. The minimum absolute atomic E-state index is 0.157. The van der Waals surface area contributed by atoms with Gasteiger partial charge in [-0.05, 0) is 37.7 Å². The first-order valence-electron chi connectivity index (χ1n) is 5.22. The van der Waals surface area contributed by atoms with Crippen molar-refractivity contribution in [2.45, 2.75) is 13.5 Å². The predicted molar refractivity (Wildman–Crippen MR) is 60.5 cm³/mol. The first-order chi connectivity index (χ1) is 8.19. The van der Waals surface area contributed by atoms with Crippen molar-refractivity contribution in [2.75, 3.05) is 7.05 Å². The molecule has 4 nitrogen and oxygen atoms in total. The minimum Gasteiger partial charge on any atom is -0.417 e. The monoisotopic (exact) mass is 236 g/mol. The summed E-state index contributed by atoms with van der Waals surface area (Å²) in [5, 5.41) is 2.95. The van der Waals surface area contributed by atoms with Crippen molar-refractivity contribution in [3.05, 3.63) is 41.5 Å². The van der Waals surface area contributed by atoms with Gasteiger partial charge in [0.2, 0.25) is 0 Å². The quantitative estimate of drug-likeness (QED) is 0.886. The molecule has 1 heterocycles. The molecule has 1 aromatic carbocycles. The molecule has 1 N–H and O–H groups in total. The number of rotatable bonds is 4. The van der Waals surface area contributed by atoms with Crippen molar-refractivity contribution in [1.82, 2.24) is 10.3 Å². The lowest BCUT2D eigenvalue weighted by molar-refractivity contribution is 0.328. The molecule has 0 fully saturated rings. The van der Waals surface area contributed by atoms with Crippen LogP contribution in [0.4, 0.5) is 4.39 Å². The second kappa shape index (κ2) is 4.97. The van der Waals surface area contributed by atoms with Crippen LogP contribution in [-0.2, 0) is 6.54 Å². The molecule has 0 atom stereocenters. The fourth-order valence-electron chi connectivity index (χ4n) is 1.42. The standard InChI is InChI=1S/C12H13FN2O2/c1-8-5-9(13)3-4-11(8)17-12-15-10(6-14-2)7-16-12/h3-5,7,14H,6H2,1-2H3. The number of hydrogen-bond acceptors (Lipinski definition) is 4. The number of aryl methyl sites for hydroxylation is 1. The largest absolute Gasteiger partial charge is 0.417 e. The van der Waals surface area contributed by atoms with Crippen molar-refractivity contribution in [1.29, 1.82) is 0 Å². The van der Waals surface area contributed by atoms with Gasteiger partial charge in [-0.15, -0.1) is 0 Å². The van der Waals surface area contributed by atoms with Gasteiger partial charge in [0, 0.05) is 6.54 Å². The highest BCUT2D eigenvalue weighted by atomic mass is 19.1. The molecule has 0 aliphatic carbocycles. The Labute approximate surface area is 98.4 Å². The van der Waals surface area contributed by atoms with E-state index in [2.05, 4.69) is 10.3 Å². The highest BCUT2D eigenvalue weighted by Crippen LogP contribution is 2.24. The molecule has 17 heavy (non-hydrogen) atoms. The normalized spacial score (nSPS) is 10.5. The lowest BCUT2D eigenvalue weighted by Gasteiger charge is -2.03. The number of ether oxygens (including phenoxy) is 1. The fraction of sp³-hybridized carbons (Fsp3) is 0.250. The molecule has 2 rings (SSSR count). The van der Waals surface area contributed by atoms with Crippen LogP contribution in [0.5, 0.6) is 11.8 Å². The fourth-order valence-corrected chi connectivity index (χ4v) is 1.42. The molecule has 0 spiro atoms. The van der Waals surface area contributed by atoms with Gasteiger partial charge in [0.25, 0.3) is 0 Å². The summed E-state index contributed by atoms with van der Waals surface area (Å²) in [6.07, 6.45) is 1.68. The molecule has 2 aromatic rings. The number of nitrogens with one attached hydrogen (secondary N) is 1. The third-order valence-electron chi connectivity index (χ3n) is 2.22. The molecule has 0 unspecified atom stereocenters. The van der Waals surface area contributed by atoms with Crippen LogP contribution in [0.15, 0.2) is 28.9 Å². The lowest BCUT2D eigenvalue weighted by Crippen LogP contribution is -2.04. The minimum atomic E-state index is -0.293. The van der Waals surface area contributed by atoms with E-state index in [1.807, 2.05) is 7.05 Å². The zero-order valence-electron chi connectivity index (χ0n) is 9.66. The van der Waals surface area contributed by atoms with E-state index in [1.54, 1.807) is 13.0 Å². The van der Waals surface area contributed by atoms with Crippen LogP contribution in [-0.4, -0.2) is 12.0 Å². The van der Waals surface area contributed by atoms with Crippen molar-refractivity contribution in [3.63, 3.8) is 0 Å². The van der Waals surface area contributed by atoms with Gasteiger partial charge in [-0.25, -0.2) is 4.39 Å². The molecular formula is C12H13FN2O2. The van der Waals surface area contributed by atoms with E-state index in [9.17, 15) is 4.39 Å². The zero-order chi connectivity index (χ0) is 12.3. The lowest BCUT2D eigenvalue weighted by atomic mass is 10.2. The Balaban J connectivity index is 2.13. The third-order valence-corrected chi connectivity index (χ3v) is 2.22. The smallest absolute Gasteiger partial charge is 0.399 e. The summed E-state index contributed by atoms with van der Waals surface area (Å²) in [6.45, 7) is 2.37. The van der Waals surface area contributed by atoms with E-state index >= 15 is 0 Å².